The molecule has 1 aromatic heterocycles. The zero-order valence-corrected chi connectivity index (χ0v) is 12.3. The molecule has 2 heterocycles. The summed E-state index contributed by atoms with van der Waals surface area (Å²) in [7, 11) is -1.42. The molecule has 18 heavy (non-hydrogen) atoms. The zero-order valence-electron chi connectivity index (χ0n) is 9.89. The maximum Gasteiger partial charge on any atom is 0.232 e. The molecule has 1 unspecified atom stereocenters. The summed E-state index contributed by atoms with van der Waals surface area (Å²) in [6.07, 6.45) is 3.06. The molecule has 8 heteroatoms. The van der Waals surface area contributed by atoms with Crippen molar-refractivity contribution in [2.75, 3.05) is 23.9 Å². The smallest absolute Gasteiger partial charge is 0.232 e. The molecule has 0 bridgehead atoms. The Bertz CT molecular complexity index is 535. The molecule has 1 fully saturated rings. The number of rotatable bonds is 3. The summed E-state index contributed by atoms with van der Waals surface area (Å²) in [4.78, 5) is 8.23. The largest absolute Gasteiger partial charge is 0.480 e. The molecule has 1 saturated heterocycles. The molecule has 100 valence electrons. The molecule has 1 atom stereocenters. The van der Waals surface area contributed by atoms with Gasteiger partial charge in [0.15, 0.2) is 9.84 Å². The van der Waals surface area contributed by atoms with E-state index in [9.17, 15) is 8.42 Å². The Labute approximate surface area is 114 Å². The number of hydrogen-bond acceptors (Lipinski definition) is 6. The third-order valence-electron chi connectivity index (χ3n) is 2.70. The van der Waals surface area contributed by atoms with E-state index >= 15 is 0 Å². The lowest BCUT2D eigenvalue weighted by Gasteiger charge is -2.23. The van der Waals surface area contributed by atoms with Crippen molar-refractivity contribution < 1.29 is 13.2 Å². The number of aromatic nitrogens is 2. The van der Waals surface area contributed by atoms with Crippen LogP contribution in [0.25, 0.3) is 0 Å². The van der Waals surface area contributed by atoms with Crippen molar-refractivity contribution in [2.45, 2.75) is 18.9 Å². The second kappa shape index (κ2) is 5.40. The molecular formula is C10H14BrN3O3S. The second-order valence-corrected chi connectivity index (χ2v) is 7.23. The van der Waals surface area contributed by atoms with Gasteiger partial charge >= 0.3 is 0 Å². The summed E-state index contributed by atoms with van der Waals surface area (Å²) in [5.74, 6) is 1.22. The predicted molar refractivity (Wildman–Crippen MR) is 71.6 cm³/mol. The van der Waals surface area contributed by atoms with Crippen LogP contribution in [0, 0.1) is 0 Å². The van der Waals surface area contributed by atoms with Gasteiger partial charge in [0.05, 0.1) is 29.3 Å². The summed E-state index contributed by atoms with van der Waals surface area (Å²) in [6, 6.07) is -0.130. The fraction of sp³-hybridized carbons (Fsp3) is 0.600. The van der Waals surface area contributed by atoms with Crippen molar-refractivity contribution in [3.05, 3.63) is 10.7 Å². The van der Waals surface area contributed by atoms with E-state index in [-0.39, 0.29) is 17.5 Å². The van der Waals surface area contributed by atoms with Gasteiger partial charge in [-0.15, -0.1) is 0 Å². The van der Waals surface area contributed by atoms with Crippen molar-refractivity contribution in [1.29, 1.82) is 0 Å². The third kappa shape index (κ3) is 3.32. The minimum absolute atomic E-state index is 0.130. The molecule has 6 nitrogen and oxygen atoms in total. The van der Waals surface area contributed by atoms with Crippen LogP contribution in [0.15, 0.2) is 10.7 Å². The monoisotopic (exact) mass is 335 g/mol. The molecule has 2 rings (SSSR count). The van der Waals surface area contributed by atoms with Crippen molar-refractivity contribution in [3.63, 3.8) is 0 Å². The third-order valence-corrected chi connectivity index (χ3v) is 5.07. The standard InChI is InChI=1S/C10H14BrN3O3S/c1-17-9-8(11)5-12-10(14-9)13-7-3-2-4-18(15,16)6-7/h5,7H,2-4,6H2,1H3,(H,12,13,14). The lowest BCUT2D eigenvalue weighted by Crippen LogP contribution is -2.35. The maximum absolute atomic E-state index is 11.5. The highest BCUT2D eigenvalue weighted by Gasteiger charge is 2.25. The zero-order chi connectivity index (χ0) is 13.2. The van der Waals surface area contributed by atoms with E-state index in [0.717, 1.165) is 6.42 Å². The van der Waals surface area contributed by atoms with Crippen LogP contribution in [-0.2, 0) is 9.84 Å². The van der Waals surface area contributed by atoms with Crippen molar-refractivity contribution in [2.24, 2.45) is 0 Å². The van der Waals surface area contributed by atoms with Gasteiger partial charge in [-0.2, -0.15) is 4.98 Å². The van der Waals surface area contributed by atoms with Gasteiger partial charge in [0.2, 0.25) is 11.8 Å². The van der Waals surface area contributed by atoms with Gasteiger partial charge in [-0.3, -0.25) is 0 Å². The minimum atomic E-state index is -2.93. The Balaban J connectivity index is 2.09. The van der Waals surface area contributed by atoms with Gasteiger partial charge in [-0.1, -0.05) is 0 Å². The van der Waals surface area contributed by atoms with E-state index in [0.29, 0.717) is 22.7 Å². The number of halogens is 1. The fourth-order valence-electron chi connectivity index (χ4n) is 1.88. The van der Waals surface area contributed by atoms with Crippen LogP contribution in [0.2, 0.25) is 0 Å². The first-order valence-electron chi connectivity index (χ1n) is 5.53. The number of hydrogen-bond donors (Lipinski definition) is 1. The summed E-state index contributed by atoms with van der Waals surface area (Å²) in [6.45, 7) is 0. The van der Waals surface area contributed by atoms with Gasteiger partial charge in [0, 0.05) is 6.04 Å². The van der Waals surface area contributed by atoms with Crippen molar-refractivity contribution in [3.8, 4) is 5.88 Å². The molecule has 0 aliphatic carbocycles. The van der Waals surface area contributed by atoms with E-state index in [1.54, 1.807) is 6.20 Å². The summed E-state index contributed by atoms with van der Waals surface area (Å²) in [5.41, 5.74) is 0. The van der Waals surface area contributed by atoms with Gasteiger partial charge in [0.1, 0.15) is 0 Å². The van der Waals surface area contributed by atoms with E-state index in [1.807, 2.05) is 0 Å². The highest BCUT2D eigenvalue weighted by atomic mass is 79.9. The molecule has 0 aromatic carbocycles. The average molecular weight is 336 g/mol. The minimum Gasteiger partial charge on any atom is -0.480 e. The van der Waals surface area contributed by atoms with Gasteiger partial charge in [-0.05, 0) is 28.8 Å². The van der Waals surface area contributed by atoms with Crippen LogP contribution in [0.3, 0.4) is 0 Å². The first kappa shape index (κ1) is 13.5. The Morgan fingerprint density at radius 1 is 1.56 bits per heavy atom. The molecule has 1 aromatic rings. The van der Waals surface area contributed by atoms with Crippen LogP contribution < -0.4 is 10.1 Å². The molecule has 1 aliphatic heterocycles. The molecule has 0 spiro atoms. The summed E-state index contributed by atoms with van der Waals surface area (Å²) in [5, 5.41) is 3.04. The highest BCUT2D eigenvalue weighted by molar-refractivity contribution is 9.10. The van der Waals surface area contributed by atoms with Crippen LogP contribution in [0.4, 0.5) is 5.95 Å². The van der Waals surface area contributed by atoms with E-state index in [2.05, 4.69) is 31.2 Å². The van der Waals surface area contributed by atoms with E-state index < -0.39 is 9.84 Å². The Hall–Kier alpha value is -0.890. The number of nitrogens with one attached hydrogen (secondary N) is 1. The number of anilines is 1. The fourth-order valence-corrected chi connectivity index (χ4v) is 3.87. The maximum atomic E-state index is 11.5. The molecule has 1 aliphatic rings. The summed E-state index contributed by atoms with van der Waals surface area (Å²) >= 11 is 3.26. The van der Waals surface area contributed by atoms with Crippen LogP contribution in [0.1, 0.15) is 12.8 Å². The molecule has 0 amide bonds. The molecular weight excluding hydrogens is 322 g/mol. The second-order valence-electron chi connectivity index (χ2n) is 4.15. The lowest BCUT2D eigenvalue weighted by molar-refractivity contribution is 0.394. The number of sulfone groups is 1. The van der Waals surface area contributed by atoms with Crippen LogP contribution in [-0.4, -0.2) is 43.0 Å². The van der Waals surface area contributed by atoms with Crippen molar-refractivity contribution in [1.82, 2.24) is 9.97 Å². The van der Waals surface area contributed by atoms with E-state index in [4.69, 9.17) is 4.74 Å². The number of nitrogens with zero attached hydrogens (tertiary/aromatic N) is 2. The van der Waals surface area contributed by atoms with Gasteiger partial charge in [-0.25, -0.2) is 13.4 Å². The first-order valence-corrected chi connectivity index (χ1v) is 8.15. The van der Waals surface area contributed by atoms with Crippen LogP contribution in [0.5, 0.6) is 5.88 Å². The number of ether oxygens (including phenoxy) is 1. The van der Waals surface area contributed by atoms with Gasteiger partial charge in [0.25, 0.3) is 0 Å². The highest BCUT2D eigenvalue weighted by Crippen LogP contribution is 2.23. The summed E-state index contributed by atoms with van der Waals surface area (Å²) < 4.78 is 28.7. The molecule has 0 saturated carbocycles. The van der Waals surface area contributed by atoms with Gasteiger partial charge < -0.3 is 10.1 Å². The molecule has 0 radical (unpaired) electrons. The first-order chi connectivity index (χ1) is 8.50. The van der Waals surface area contributed by atoms with Crippen LogP contribution >= 0.6 is 15.9 Å². The average Bonchev–Trinajstić information content (AvgIpc) is 2.30. The van der Waals surface area contributed by atoms with E-state index in [1.165, 1.54) is 7.11 Å². The normalized spacial score (nSPS) is 22.4. The Kier molecular flexibility index (Phi) is 4.06. The topological polar surface area (TPSA) is 81.2 Å². The Morgan fingerprint density at radius 2 is 2.33 bits per heavy atom. The molecule has 1 N–H and O–H groups in total. The van der Waals surface area contributed by atoms with Crippen molar-refractivity contribution >= 4 is 31.7 Å². The predicted octanol–water partition coefficient (Wildman–Crippen LogP) is 1.24. The lowest BCUT2D eigenvalue weighted by atomic mass is 10.2. The Morgan fingerprint density at radius 3 is 3.00 bits per heavy atom. The quantitative estimate of drug-likeness (QED) is 0.894. The SMILES string of the molecule is COc1nc(NC2CCCS(=O)(=O)C2)ncc1Br. The number of methoxy groups -OCH3 is 1.